The van der Waals surface area contributed by atoms with E-state index in [1.165, 1.54) is 0 Å². The van der Waals surface area contributed by atoms with Gasteiger partial charge in [0.1, 0.15) is 23.1 Å². The second-order valence-corrected chi connectivity index (χ2v) is 16.1. The molecule has 1 spiro atoms. The molecule has 4 aliphatic carbocycles. The minimum atomic E-state index is -5.03. The number of hydrogen-bond donors (Lipinski definition) is 2. The molecule has 16 heteroatoms. The van der Waals surface area contributed by atoms with Gasteiger partial charge in [0.05, 0.1) is 5.56 Å². The number of halogens is 4. The van der Waals surface area contributed by atoms with Gasteiger partial charge in [-0.1, -0.05) is 0 Å². The third-order valence-corrected chi connectivity index (χ3v) is 13.0. The van der Waals surface area contributed by atoms with E-state index >= 15 is 4.39 Å². The van der Waals surface area contributed by atoms with Crippen LogP contribution in [-0.2, 0) is 21.1 Å². The largest absolute Gasteiger partial charge is 0.490 e. The van der Waals surface area contributed by atoms with Crippen molar-refractivity contribution >= 4 is 29.4 Å². The topological polar surface area (TPSA) is 149 Å². The van der Waals surface area contributed by atoms with Crippen LogP contribution >= 0.6 is 0 Å². The molecule has 4 saturated carbocycles. The van der Waals surface area contributed by atoms with Crippen LogP contribution in [-0.4, -0.2) is 81.9 Å². The van der Waals surface area contributed by atoms with Crippen molar-refractivity contribution in [2.24, 2.45) is 23.5 Å². The predicted molar refractivity (Wildman–Crippen MR) is 187 cm³/mol. The first-order chi connectivity index (χ1) is 25.9. The number of primary amides is 1. The Morgan fingerprint density at radius 3 is 2.33 bits per heavy atom. The van der Waals surface area contributed by atoms with E-state index in [0.29, 0.717) is 69.2 Å². The zero-order valence-electron chi connectivity index (χ0n) is 29.7. The van der Waals surface area contributed by atoms with Crippen molar-refractivity contribution in [3.63, 3.8) is 0 Å². The van der Waals surface area contributed by atoms with E-state index in [1.54, 1.807) is 23.4 Å². The maximum absolute atomic E-state index is 15.5. The minimum absolute atomic E-state index is 0.0294. The Hall–Kier alpha value is -4.60. The van der Waals surface area contributed by atoms with E-state index in [2.05, 4.69) is 30.2 Å². The molecule has 6 fully saturated rings. The summed E-state index contributed by atoms with van der Waals surface area (Å²) in [6.45, 7) is 2.77. The first kappa shape index (κ1) is 35.1. The van der Waals surface area contributed by atoms with E-state index in [4.69, 9.17) is 15.2 Å². The number of piperidine rings is 1. The lowest BCUT2D eigenvalue weighted by atomic mass is 9.47. The van der Waals surface area contributed by atoms with Gasteiger partial charge in [0.25, 0.3) is 5.91 Å². The Balaban J connectivity index is 0.990. The number of nitrogens with two attached hydrogens (primary N) is 1. The first-order valence-corrected chi connectivity index (χ1v) is 18.8. The number of nitrogens with zero attached hydrogens (tertiary/aromatic N) is 6. The number of hydrogen-bond acceptors (Lipinski definition) is 10. The van der Waals surface area contributed by atoms with Gasteiger partial charge in [-0.15, -0.1) is 0 Å². The highest BCUT2D eigenvalue weighted by molar-refractivity contribution is 6.00. The molecule has 5 heterocycles. The number of nitrogens with one attached hydrogen (secondary N) is 1. The molecule has 4 bridgehead atoms. The highest BCUT2D eigenvalue weighted by Gasteiger charge is 2.66. The van der Waals surface area contributed by atoms with Crippen molar-refractivity contribution in [3.8, 4) is 5.75 Å². The number of carbonyl (C=O) groups is 2. The second-order valence-electron chi connectivity index (χ2n) is 16.1. The van der Waals surface area contributed by atoms with Gasteiger partial charge in [-0.3, -0.25) is 9.59 Å². The zero-order valence-corrected chi connectivity index (χ0v) is 29.7. The van der Waals surface area contributed by atoms with Gasteiger partial charge >= 0.3 is 6.18 Å². The third-order valence-electron chi connectivity index (χ3n) is 13.0. The van der Waals surface area contributed by atoms with Crippen molar-refractivity contribution in [1.29, 1.82) is 0 Å². The van der Waals surface area contributed by atoms with Crippen LogP contribution in [0.2, 0.25) is 0 Å². The highest BCUT2D eigenvalue weighted by Crippen LogP contribution is 2.61. The second kappa shape index (κ2) is 12.7. The number of aromatic nitrogens is 4. The fourth-order valence-electron chi connectivity index (χ4n) is 10.6. The minimum Gasteiger partial charge on any atom is -0.490 e. The van der Waals surface area contributed by atoms with Crippen molar-refractivity contribution in [2.75, 3.05) is 42.6 Å². The fourth-order valence-corrected chi connectivity index (χ4v) is 10.6. The molecule has 0 radical (unpaired) electrons. The molecule has 286 valence electrons. The number of amides is 2. The van der Waals surface area contributed by atoms with Gasteiger partial charge in [0.15, 0.2) is 5.69 Å². The van der Waals surface area contributed by atoms with E-state index < -0.39 is 57.7 Å². The summed E-state index contributed by atoms with van der Waals surface area (Å²) in [7, 11) is 0. The summed E-state index contributed by atoms with van der Waals surface area (Å²) in [5.74, 6) is -2.01. The maximum atomic E-state index is 15.5. The highest BCUT2D eigenvalue weighted by atomic mass is 19.4. The van der Waals surface area contributed by atoms with E-state index in [-0.39, 0.29) is 30.8 Å². The van der Waals surface area contributed by atoms with Gasteiger partial charge in [0, 0.05) is 75.4 Å². The molecule has 2 saturated heterocycles. The number of ether oxygens (including phenoxy) is 2. The summed E-state index contributed by atoms with van der Waals surface area (Å²) >= 11 is 0. The molecule has 54 heavy (non-hydrogen) atoms. The summed E-state index contributed by atoms with van der Waals surface area (Å²) in [4.78, 5) is 47.7. The summed E-state index contributed by atoms with van der Waals surface area (Å²) in [6, 6.07) is 7.42. The number of anilines is 3. The Morgan fingerprint density at radius 1 is 0.981 bits per heavy atom. The molecular formula is C38H42F4N8O4. The van der Waals surface area contributed by atoms with Crippen LogP contribution in [0.25, 0.3) is 0 Å². The van der Waals surface area contributed by atoms with Gasteiger partial charge < -0.3 is 30.3 Å². The Bertz CT molecular complexity index is 1940. The number of fused-ring (bicyclic) bond motifs is 2. The number of rotatable bonds is 7. The monoisotopic (exact) mass is 750 g/mol. The molecule has 7 aliphatic rings. The van der Waals surface area contributed by atoms with E-state index in [9.17, 15) is 22.8 Å². The first-order valence-electron chi connectivity index (χ1n) is 18.8. The van der Waals surface area contributed by atoms with Gasteiger partial charge in [0.2, 0.25) is 17.8 Å². The van der Waals surface area contributed by atoms with Crippen LogP contribution in [0.4, 0.5) is 35.1 Å². The molecule has 10 rings (SSSR count). The Kier molecular flexibility index (Phi) is 8.28. The van der Waals surface area contributed by atoms with Crippen LogP contribution in [0.5, 0.6) is 5.75 Å². The average Bonchev–Trinajstić information content (AvgIpc) is 3.45. The van der Waals surface area contributed by atoms with Crippen LogP contribution < -0.4 is 25.6 Å². The van der Waals surface area contributed by atoms with Crippen molar-refractivity contribution < 1.29 is 36.6 Å². The molecule has 1 aromatic carbocycles. The van der Waals surface area contributed by atoms with E-state index in [1.807, 2.05) is 18.2 Å². The molecule has 3 aliphatic heterocycles. The molecule has 3 N–H and O–H groups in total. The smallest absolute Gasteiger partial charge is 0.434 e. The third kappa shape index (κ3) is 5.82. The normalized spacial score (nSPS) is 30.0. The molecule has 0 unspecified atom stereocenters. The van der Waals surface area contributed by atoms with Crippen LogP contribution in [0.3, 0.4) is 0 Å². The number of alkyl halides is 4. The lowest BCUT2D eigenvalue weighted by molar-refractivity contribution is -0.156. The Morgan fingerprint density at radius 2 is 1.69 bits per heavy atom. The number of benzene rings is 1. The zero-order chi connectivity index (χ0) is 37.5. The molecule has 3 aromatic rings. The van der Waals surface area contributed by atoms with Crippen molar-refractivity contribution in [2.45, 2.75) is 86.7 Å². The van der Waals surface area contributed by atoms with Gasteiger partial charge in [-0.05, 0) is 92.5 Å². The quantitative estimate of drug-likeness (QED) is 0.315. The molecular weight excluding hydrogens is 708 g/mol. The summed E-state index contributed by atoms with van der Waals surface area (Å²) in [6.07, 6.45) is 3.48. The molecule has 2 amide bonds. The average molecular weight is 751 g/mol. The summed E-state index contributed by atoms with van der Waals surface area (Å²) in [5, 5.41) is 2.61. The summed E-state index contributed by atoms with van der Waals surface area (Å²) < 4.78 is 72.2. The molecule has 2 aromatic heterocycles. The van der Waals surface area contributed by atoms with Crippen molar-refractivity contribution in [3.05, 3.63) is 59.7 Å². The van der Waals surface area contributed by atoms with Crippen LogP contribution in [0.15, 0.2) is 42.9 Å². The number of carbonyl (C=O) groups excluding carboxylic acids is 2. The summed E-state index contributed by atoms with van der Waals surface area (Å²) in [5.41, 5.74) is 1.69. The van der Waals surface area contributed by atoms with Gasteiger partial charge in [-0.25, -0.2) is 24.3 Å². The van der Waals surface area contributed by atoms with Crippen LogP contribution in [0.1, 0.15) is 79.4 Å². The standard InChI is InChI=1S/C38H42F4N8O4/c39-36-17-22-14-23(18-36)37(32(43)52,24(15-22)19-36)48-31(51)27-20-46-34(47-30(27)38(40,41)42)50-21-35(6-12-53-13-7-35)28-16-26(2-3-29(28)50)54-25-4-10-49(11-5-25)33-44-8-1-9-45-33/h1-3,8-9,16,20,22-25H,4-7,10-15,17-19,21H2,(H2,43,52)(H,48,51)/t22?,23-,24-,36-,37-/m0/s1. The Labute approximate surface area is 309 Å². The van der Waals surface area contributed by atoms with Gasteiger partial charge in [-0.2, -0.15) is 13.2 Å². The maximum Gasteiger partial charge on any atom is 0.434 e. The lowest BCUT2D eigenvalue weighted by Gasteiger charge is -2.61. The lowest BCUT2D eigenvalue weighted by Crippen LogP contribution is -2.74. The molecule has 12 nitrogen and oxygen atoms in total. The van der Waals surface area contributed by atoms with E-state index in [0.717, 1.165) is 37.7 Å². The fraction of sp³-hybridized carbons (Fsp3) is 0.579. The SMILES string of the molecule is NC(=O)[C@]1(NC(=O)c2cnc(N3CC4(CCOCC4)c4cc(OC5CCN(c6ncccn6)CC5)ccc43)nc2C(F)(F)F)[C@H]2CC3C[C@H]1C[C@](F)(C3)C2. The molecule has 2 atom stereocenters. The van der Waals surface area contributed by atoms with Crippen molar-refractivity contribution in [1.82, 2.24) is 25.3 Å². The predicted octanol–water partition coefficient (Wildman–Crippen LogP) is 5.04. The van der Waals surface area contributed by atoms with Crippen LogP contribution in [0, 0.1) is 17.8 Å².